The van der Waals surface area contributed by atoms with Crippen molar-refractivity contribution in [3.63, 3.8) is 0 Å². The molecule has 0 aliphatic carbocycles. The zero-order chi connectivity index (χ0) is 12.3. The summed E-state index contributed by atoms with van der Waals surface area (Å²) in [5.41, 5.74) is 0. The molecule has 1 heterocycles. The maximum absolute atomic E-state index is 5.00. The molecule has 0 radical (unpaired) electrons. The van der Waals surface area contributed by atoms with E-state index in [9.17, 15) is 0 Å². The van der Waals surface area contributed by atoms with Crippen LogP contribution in [-0.4, -0.2) is 36.8 Å². The Kier molecular flexibility index (Phi) is 7.06. The lowest BCUT2D eigenvalue weighted by Gasteiger charge is -2.07. The summed E-state index contributed by atoms with van der Waals surface area (Å²) < 4.78 is 5.00. The molecule has 0 saturated carbocycles. The molecule has 2 N–H and O–H groups in total. The number of unbranched alkanes of at least 4 members (excludes halogenated alkanes) is 2. The van der Waals surface area contributed by atoms with Gasteiger partial charge in [0, 0.05) is 26.8 Å². The van der Waals surface area contributed by atoms with E-state index in [4.69, 9.17) is 4.74 Å². The molecule has 0 atom stereocenters. The smallest absolute Gasteiger partial charge is 0.146 e. The summed E-state index contributed by atoms with van der Waals surface area (Å²) in [7, 11) is 1.74. The Balaban J connectivity index is 2.19. The SMILES string of the molecule is CCNc1cncc(NCCCCCOC)n1. The lowest BCUT2D eigenvalue weighted by Crippen LogP contribution is -2.06. The minimum absolute atomic E-state index is 0.817. The van der Waals surface area contributed by atoms with Gasteiger partial charge in [-0.05, 0) is 26.2 Å². The van der Waals surface area contributed by atoms with E-state index in [2.05, 4.69) is 20.6 Å². The van der Waals surface area contributed by atoms with Crippen molar-refractivity contribution in [2.75, 3.05) is 37.4 Å². The van der Waals surface area contributed by atoms with E-state index in [-0.39, 0.29) is 0 Å². The summed E-state index contributed by atoms with van der Waals surface area (Å²) in [6.07, 6.45) is 6.88. The highest BCUT2D eigenvalue weighted by Gasteiger charge is 1.96. The molecule has 0 aliphatic heterocycles. The molecule has 0 fully saturated rings. The largest absolute Gasteiger partial charge is 0.385 e. The molecule has 0 bridgehead atoms. The molecule has 1 rings (SSSR count). The normalized spacial score (nSPS) is 10.2. The standard InChI is InChI=1S/C12H22N4O/c1-3-14-11-9-13-10-12(16-11)15-7-5-4-6-8-17-2/h9-10H,3-8H2,1-2H3,(H2,14,15,16). The first kappa shape index (κ1) is 13.7. The quantitative estimate of drug-likeness (QED) is 0.645. The molecule has 5 heteroatoms. The molecule has 1 aromatic heterocycles. The lowest BCUT2D eigenvalue weighted by atomic mass is 10.2. The molecule has 96 valence electrons. The first-order valence-electron chi connectivity index (χ1n) is 6.15. The highest BCUT2D eigenvalue weighted by molar-refractivity contribution is 5.41. The van der Waals surface area contributed by atoms with Crippen LogP contribution in [0.3, 0.4) is 0 Å². The Labute approximate surface area is 103 Å². The first-order chi connectivity index (χ1) is 8.36. The summed E-state index contributed by atoms with van der Waals surface area (Å²) in [6, 6.07) is 0. The fourth-order valence-electron chi connectivity index (χ4n) is 1.48. The van der Waals surface area contributed by atoms with Gasteiger partial charge in [0.2, 0.25) is 0 Å². The number of hydrogen-bond acceptors (Lipinski definition) is 5. The number of methoxy groups -OCH3 is 1. The molecule has 0 aromatic carbocycles. The Bertz CT molecular complexity index is 306. The highest BCUT2D eigenvalue weighted by atomic mass is 16.5. The predicted octanol–water partition coefficient (Wildman–Crippen LogP) is 2.14. The molecule has 0 saturated heterocycles. The van der Waals surface area contributed by atoms with E-state index in [0.29, 0.717) is 0 Å². The minimum Gasteiger partial charge on any atom is -0.385 e. The van der Waals surface area contributed by atoms with E-state index in [1.54, 1.807) is 19.5 Å². The van der Waals surface area contributed by atoms with Crippen molar-refractivity contribution >= 4 is 11.6 Å². The van der Waals surface area contributed by atoms with Crippen LogP contribution in [0.15, 0.2) is 12.4 Å². The fraction of sp³-hybridized carbons (Fsp3) is 0.667. The average molecular weight is 238 g/mol. The van der Waals surface area contributed by atoms with Crippen LogP contribution in [0.4, 0.5) is 11.6 Å². The third kappa shape index (κ3) is 6.06. The molecule has 17 heavy (non-hydrogen) atoms. The van der Waals surface area contributed by atoms with Gasteiger partial charge in [-0.2, -0.15) is 0 Å². The van der Waals surface area contributed by atoms with Gasteiger partial charge in [0.05, 0.1) is 12.4 Å². The Morgan fingerprint density at radius 2 is 1.88 bits per heavy atom. The lowest BCUT2D eigenvalue weighted by molar-refractivity contribution is 0.192. The van der Waals surface area contributed by atoms with Gasteiger partial charge in [0.25, 0.3) is 0 Å². The van der Waals surface area contributed by atoms with Crippen molar-refractivity contribution < 1.29 is 4.74 Å². The van der Waals surface area contributed by atoms with Gasteiger partial charge in [0.15, 0.2) is 0 Å². The molecule has 0 spiro atoms. The minimum atomic E-state index is 0.817. The maximum atomic E-state index is 5.00. The number of nitrogens with zero attached hydrogens (tertiary/aromatic N) is 2. The van der Waals surface area contributed by atoms with Crippen LogP contribution in [0.25, 0.3) is 0 Å². The molecule has 0 aliphatic rings. The first-order valence-corrected chi connectivity index (χ1v) is 6.15. The predicted molar refractivity (Wildman–Crippen MR) is 70.4 cm³/mol. The van der Waals surface area contributed by atoms with Gasteiger partial charge in [-0.1, -0.05) is 0 Å². The zero-order valence-corrected chi connectivity index (χ0v) is 10.7. The molecule has 5 nitrogen and oxygen atoms in total. The van der Waals surface area contributed by atoms with Crippen molar-refractivity contribution in [3.8, 4) is 0 Å². The third-order valence-electron chi connectivity index (χ3n) is 2.32. The van der Waals surface area contributed by atoms with E-state index in [1.807, 2.05) is 6.92 Å². The highest BCUT2D eigenvalue weighted by Crippen LogP contribution is 2.06. The van der Waals surface area contributed by atoms with Crippen LogP contribution in [-0.2, 0) is 4.74 Å². The van der Waals surface area contributed by atoms with Gasteiger partial charge in [-0.25, -0.2) is 4.98 Å². The van der Waals surface area contributed by atoms with Crippen LogP contribution >= 0.6 is 0 Å². The molecule has 0 amide bonds. The van der Waals surface area contributed by atoms with Crippen molar-refractivity contribution in [1.82, 2.24) is 9.97 Å². The zero-order valence-electron chi connectivity index (χ0n) is 10.7. The number of hydrogen-bond donors (Lipinski definition) is 2. The van der Waals surface area contributed by atoms with Crippen molar-refractivity contribution in [1.29, 1.82) is 0 Å². The molecule has 1 aromatic rings. The van der Waals surface area contributed by atoms with Crippen molar-refractivity contribution in [2.24, 2.45) is 0 Å². The third-order valence-corrected chi connectivity index (χ3v) is 2.32. The number of aromatic nitrogens is 2. The van der Waals surface area contributed by atoms with E-state index >= 15 is 0 Å². The van der Waals surface area contributed by atoms with E-state index < -0.39 is 0 Å². The summed E-state index contributed by atoms with van der Waals surface area (Å²) >= 11 is 0. The Hall–Kier alpha value is -1.36. The van der Waals surface area contributed by atoms with Gasteiger partial charge >= 0.3 is 0 Å². The molecular weight excluding hydrogens is 216 g/mol. The monoisotopic (exact) mass is 238 g/mol. The second-order valence-electron chi connectivity index (χ2n) is 3.80. The average Bonchev–Trinajstić information content (AvgIpc) is 2.35. The Morgan fingerprint density at radius 1 is 1.12 bits per heavy atom. The van der Waals surface area contributed by atoms with Crippen LogP contribution in [0.2, 0.25) is 0 Å². The number of nitrogens with one attached hydrogen (secondary N) is 2. The second-order valence-corrected chi connectivity index (χ2v) is 3.80. The summed E-state index contributed by atoms with van der Waals surface area (Å²) in [6.45, 7) is 4.66. The number of ether oxygens (including phenoxy) is 1. The van der Waals surface area contributed by atoms with Crippen LogP contribution in [0, 0.1) is 0 Å². The van der Waals surface area contributed by atoms with E-state index in [1.165, 1.54) is 6.42 Å². The van der Waals surface area contributed by atoms with Gasteiger partial charge < -0.3 is 15.4 Å². The van der Waals surface area contributed by atoms with Gasteiger partial charge in [0.1, 0.15) is 11.6 Å². The van der Waals surface area contributed by atoms with Crippen LogP contribution in [0.1, 0.15) is 26.2 Å². The summed E-state index contributed by atoms with van der Waals surface area (Å²) in [4.78, 5) is 8.51. The van der Waals surface area contributed by atoms with Crippen LogP contribution < -0.4 is 10.6 Å². The molecule has 0 unspecified atom stereocenters. The number of anilines is 2. The van der Waals surface area contributed by atoms with Crippen molar-refractivity contribution in [3.05, 3.63) is 12.4 Å². The van der Waals surface area contributed by atoms with E-state index in [0.717, 1.165) is 44.2 Å². The summed E-state index contributed by atoms with van der Waals surface area (Å²) in [5.74, 6) is 1.65. The maximum Gasteiger partial charge on any atom is 0.146 e. The number of rotatable bonds is 9. The molecular formula is C12H22N4O. The van der Waals surface area contributed by atoms with Crippen LogP contribution in [0.5, 0.6) is 0 Å². The van der Waals surface area contributed by atoms with Gasteiger partial charge in [-0.3, -0.25) is 4.98 Å². The van der Waals surface area contributed by atoms with Crippen molar-refractivity contribution in [2.45, 2.75) is 26.2 Å². The summed E-state index contributed by atoms with van der Waals surface area (Å²) in [5, 5.41) is 6.40. The fourth-order valence-corrected chi connectivity index (χ4v) is 1.48. The second kappa shape index (κ2) is 8.75. The topological polar surface area (TPSA) is 59.1 Å². The Morgan fingerprint density at radius 3 is 2.59 bits per heavy atom. The van der Waals surface area contributed by atoms with Gasteiger partial charge in [-0.15, -0.1) is 0 Å².